The van der Waals surface area contributed by atoms with Crippen LogP contribution >= 0.6 is 0 Å². The van der Waals surface area contributed by atoms with Crippen molar-refractivity contribution in [3.05, 3.63) is 0 Å². The average molecular weight is 288 g/mol. The zero-order chi connectivity index (χ0) is 16.3. The zero-order valence-corrected chi connectivity index (χ0v) is 13.8. The smallest absolute Gasteiger partial charge is 0.303 e. The Bertz CT molecular complexity index is 272. The Hall–Kier alpha value is -1.06. The van der Waals surface area contributed by atoms with Gasteiger partial charge >= 0.3 is 5.97 Å². The fourth-order valence-electron chi connectivity index (χ4n) is 2.90. The quantitative estimate of drug-likeness (QED) is 0.812. The lowest BCUT2D eigenvalue weighted by Crippen LogP contribution is -2.32. The molecule has 0 aromatic rings. The highest BCUT2D eigenvalue weighted by Crippen LogP contribution is 2.41. The lowest BCUT2D eigenvalue weighted by molar-refractivity contribution is -0.139. The topological polar surface area (TPSA) is 74.6 Å². The second kappa shape index (κ2) is 11.7. The maximum Gasteiger partial charge on any atom is 0.303 e. The Morgan fingerprint density at radius 3 is 1.70 bits per heavy atom. The first-order valence-electron chi connectivity index (χ1n) is 7.70. The summed E-state index contributed by atoms with van der Waals surface area (Å²) in [7, 11) is 0. The normalized spacial score (nSPS) is 28.3. The van der Waals surface area contributed by atoms with Crippen molar-refractivity contribution >= 4 is 11.9 Å². The summed E-state index contributed by atoms with van der Waals surface area (Å²) in [6.07, 6.45) is 3.93. The van der Waals surface area contributed by atoms with Gasteiger partial charge in [0.15, 0.2) is 0 Å². The fraction of sp³-hybridized carbons (Fsp3) is 0.875. The molecule has 0 radical (unpaired) electrons. The maximum absolute atomic E-state index is 10.7. The molecule has 2 N–H and O–H groups in total. The van der Waals surface area contributed by atoms with Gasteiger partial charge in [0.05, 0.1) is 0 Å². The molecule has 1 rings (SSSR count). The molecule has 0 amide bonds. The molecule has 0 aromatic carbocycles. The predicted molar refractivity (Wildman–Crippen MR) is 81.7 cm³/mol. The van der Waals surface area contributed by atoms with E-state index in [9.17, 15) is 4.79 Å². The molecule has 120 valence electrons. The summed E-state index contributed by atoms with van der Waals surface area (Å²) >= 11 is 0. The summed E-state index contributed by atoms with van der Waals surface area (Å²) in [5, 5.41) is 16.2. The van der Waals surface area contributed by atoms with Gasteiger partial charge in [-0.15, -0.1) is 0 Å². The zero-order valence-electron chi connectivity index (χ0n) is 13.8. The second-order valence-corrected chi connectivity index (χ2v) is 5.34. The average Bonchev–Trinajstić information content (AvgIpc) is 2.37. The molecule has 4 unspecified atom stereocenters. The van der Waals surface area contributed by atoms with Crippen LogP contribution in [0.3, 0.4) is 0 Å². The van der Waals surface area contributed by atoms with Crippen molar-refractivity contribution in [3.63, 3.8) is 0 Å². The van der Waals surface area contributed by atoms with E-state index in [0.29, 0.717) is 24.2 Å². The summed E-state index contributed by atoms with van der Waals surface area (Å²) in [4.78, 5) is 19.7. The van der Waals surface area contributed by atoms with Gasteiger partial charge in [-0.3, -0.25) is 9.59 Å². The summed E-state index contributed by atoms with van der Waals surface area (Å²) in [5.41, 5.74) is 0. The largest absolute Gasteiger partial charge is 0.481 e. The van der Waals surface area contributed by atoms with E-state index in [1.54, 1.807) is 0 Å². The minimum Gasteiger partial charge on any atom is -0.481 e. The predicted octanol–water partition coefficient (Wildman–Crippen LogP) is 4.29. The number of carboxylic acid groups (broad SMARTS) is 2. The Morgan fingerprint density at radius 1 is 1.00 bits per heavy atom. The van der Waals surface area contributed by atoms with Gasteiger partial charge < -0.3 is 10.2 Å². The van der Waals surface area contributed by atoms with Gasteiger partial charge in [0.1, 0.15) is 0 Å². The first-order chi connectivity index (χ1) is 9.29. The molecule has 0 saturated heterocycles. The van der Waals surface area contributed by atoms with Gasteiger partial charge in [0, 0.05) is 13.3 Å². The second-order valence-electron chi connectivity index (χ2n) is 5.34. The Morgan fingerprint density at radius 2 is 1.35 bits per heavy atom. The molecule has 1 saturated carbocycles. The maximum atomic E-state index is 10.7. The van der Waals surface area contributed by atoms with Crippen LogP contribution in [0.25, 0.3) is 0 Å². The van der Waals surface area contributed by atoms with Crippen LogP contribution in [-0.2, 0) is 9.59 Å². The first kappa shape index (κ1) is 21.2. The first-order valence-corrected chi connectivity index (χ1v) is 7.70. The molecule has 0 heterocycles. The summed E-state index contributed by atoms with van der Waals surface area (Å²) in [6, 6.07) is 0. The minimum absolute atomic E-state index is 0.363. The molecule has 0 bridgehead atoms. The van der Waals surface area contributed by atoms with E-state index in [4.69, 9.17) is 15.0 Å². The number of carboxylic acids is 2. The van der Waals surface area contributed by atoms with E-state index >= 15 is 0 Å². The van der Waals surface area contributed by atoms with Gasteiger partial charge in [0.2, 0.25) is 0 Å². The highest BCUT2D eigenvalue weighted by Gasteiger charge is 2.33. The molecular formula is C16H32O4. The van der Waals surface area contributed by atoms with Crippen LogP contribution in [0.5, 0.6) is 0 Å². The molecule has 0 spiro atoms. The van der Waals surface area contributed by atoms with Gasteiger partial charge in [-0.25, -0.2) is 0 Å². The highest BCUT2D eigenvalue weighted by molar-refractivity contribution is 5.67. The van der Waals surface area contributed by atoms with Crippen molar-refractivity contribution in [2.75, 3.05) is 0 Å². The molecule has 0 aliphatic heterocycles. The Balaban J connectivity index is 0. The molecule has 0 aromatic heterocycles. The highest BCUT2D eigenvalue weighted by atomic mass is 16.4. The third kappa shape index (κ3) is 8.94. The summed E-state index contributed by atoms with van der Waals surface area (Å²) in [6.45, 7) is 11.8. The van der Waals surface area contributed by atoms with Crippen LogP contribution in [0.15, 0.2) is 0 Å². The molecule has 4 heteroatoms. The van der Waals surface area contributed by atoms with Crippen molar-refractivity contribution < 1.29 is 19.8 Å². The fourth-order valence-corrected chi connectivity index (χ4v) is 2.90. The van der Waals surface area contributed by atoms with Crippen molar-refractivity contribution in [1.29, 1.82) is 0 Å². The molecule has 4 nitrogen and oxygen atoms in total. The van der Waals surface area contributed by atoms with Crippen LogP contribution in [0.1, 0.15) is 67.2 Å². The number of hydrogen-bond acceptors (Lipinski definition) is 2. The number of aliphatic carboxylic acids is 2. The molecular weight excluding hydrogens is 256 g/mol. The van der Waals surface area contributed by atoms with E-state index in [1.165, 1.54) is 12.8 Å². The third-order valence-electron chi connectivity index (χ3n) is 4.19. The van der Waals surface area contributed by atoms with E-state index in [2.05, 4.69) is 20.8 Å². The van der Waals surface area contributed by atoms with E-state index in [0.717, 1.165) is 19.3 Å². The SMILES string of the molecule is CC.CC(=O)O.CCC1CCC(CC(=O)O)C(C)C1C. The summed E-state index contributed by atoms with van der Waals surface area (Å²) < 4.78 is 0. The molecule has 1 aliphatic carbocycles. The van der Waals surface area contributed by atoms with Gasteiger partial charge in [-0.1, -0.05) is 41.0 Å². The van der Waals surface area contributed by atoms with Crippen LogP contribution in [0.2, 0.25) is 0 Å². The van der Waals surface area contributed by atoms with E-state index in [1.807, 2.05) is 13.8 Å². The number of rotatable bonds is 3. The van der Waals surface area contributed by atoms with Crippen molar-refractivity contribution in [1.82, 2.24) is 0 Å². The van der Waals surface area contributed by atoms with Gasteiger partial charge in [0.25, 0.3) is 5.97 Å². The van der Waals surface area contributed by atoms with Crippen molar-refractivity contribution in [2.45, 2.75) is 67.2 Å². The lowest BCUT2D eigenvalue weighted by Gasteiger charge is -2.39. The van der Waals surface area contributed by atoms with Crippen molar-refractivity contribution in [3.8, 4) is 0 Å². The molecule has 1 aliphatic rings. The summed E-state index contributed by atoms with van der Waals surface area (Å²) in [5.74, 6) is 1.02. The Labute approximate surface area is 123 Å². The number of hydrogen-bond donors (Lipinski definition) is 2. The van der Waals surface area contributed by atoms with E-state index < -0.39 is 11.9 Å². The molecule has 20 heavy (non-hydrogen) atoms. The molecule has 4 atom stereocenters. The van der Waals surface area contributed by atoms with Crippen LogP contribution in [0, 0.1) is 23.7 Å². The van der Waals surface area contributed by atoms with Gasteiger partial charge in [-0.2, -0.15) is 0 Å². The number of carbonyl (C=O) groups is 2. The minimum atomic E-state index is -0.833. The third-order valence-corrected chi connectivity index (χ3v) is 4.19. The van der Waals surface area contributed by atoms with Crippen molar-refractivity contribution in [2.24, 2.45) is 23.7 Å². The van der Waals surface area contributed by atoms with Crippen LogP contribution < -0.4 is 0 Å². The lowest BCUT2D eigenvalue weighted by atomic mass is 9.66. The van der Waals surface area contributed by atoms with Crippen LogP contribution in [0.4, 0.5) is 0 Å². The van der Waals surface area contributed by atoms with Gasteiger partial charge in [-0.05, 0) is 36.5 Å². The van der Waals surface area contributed by atoms with E-state index in [-0.39, 0.29) is 0 Å². The molecule has 1 fully saturated rings. The van der Waals surface area contributed by atoms with Crippen LogP contribution in [-0.4, -0.2) is 22.2 Å². The Kier molecular flexibility index (Phi) is 12.5. The monoisotopic (exact) mass is 288 g/mol. The standard InChI is InChI=1S/C12H22O2.C2H4O2.C2H6/c1-4-10-5-6-11(7-12(13)14)9(3)8(10)2;1-2(3)4;1-2/h8-11H,4-7H2,1-3H3,(H,13,14);1H3,(H,3,4);1-2H3.